The number of aromatic nitrogens is 1. The van der Waals surface area contributed by atoms with Gasteiger partial charge in [0, 0.05) is 5.56 Å². The number of alkyl halides is 3. The maximum absolute atomic E-state index is 13.6. The van der Waals surface area contributed by atoms with Gasteiger partial charge < -0.3 is 9.84 Å². The fraction of sp³-hybridized carbons (Fsp3) is 0.400. The smallest absolute Gasteiger partial charge is 0.420 e. The molecule has 1 N–H and O–H groups in total. The number of nitrogens with zero attached hydrogens (tertiary/aromatic N) is 2. The van der Waals surface area contributed by atoms with Crippen molar-refractivity contribution in [1.29, 1.82) is 0 Å². The molecule has 0 spiro atoms. The van der Waals surface area contributed by atoms with Crippen LogP contribution in [0.25, 0.3) is 11.3 Å². The predicted octanol–water partition coefficient (Wildman–Crippen LogP) is 6.04. The SMILES string of the molecule is CC(COc1c(I)cc(C(O)C(F)(F)F)nc1-c1ccc(F)c(Cl)c1)=NS(=O)C(C)(C)C. The van der Waals surface area contributed by atoms with E-state index >= 15 is 0 Å². The van der Waals surface area contributed by atoms with Gasteiger partial charge in [-0.3, -0.25) is 0 Å². The van der Waals surface area contributed by atoms with Crippen molar-refractivity contribution in [3.8, 4) is 17.0 Å². The van der Waals surface area contributed by atoms with E-state index in [1.807, 2.05) is 0 Å². The molecule has 2 aromatic rings. The molecule has 2 rings (SSSR count). The minimum atomic E-state index is -4.93. The van der Waals surface area contributed by atoms with Crippen LogP contribution in [0.5, 0.6) is 5.75 Å². The molecule has 176 valence electrons. The normalized spacial score (nSPS) is 14.9. The molecule has 1 aromatic heterocycles. The van der Waals surface area contributed by atoms with E-state index in [0.29, 0.717) is 5.71 Å². The average molecular weight is 607 g/mol. The Morgan fingerprint density at radius 1 is 1.31 bits per heavy atom. The largest absolute Gasteiger partial charge is 0.484 e. The molecule has 32 heavy (non-hydrogen) atoms. The summed E-state index contributed by atoms with van der Waals surface area (Å²) in [6.07, 6.45) is -7.76. The van der Waals surface area contributed by atoms with Crippen molar-refractivity contribution in [2.24, 2.45) is 4.40 Å². The summed E-state index contributed by atoms with van der Waals surface area (Å²) in [5.41, 5.74) is -0.143. The highest BCUT2D eigenvalue weighted by molar-refractivity contribution is 14.1. The Balaban J connectivity index is 2.52. The Hall–Kier alpha value is -1.31. The molecule has 12 heteroatoms. The predicted molar refractivity (Wildman–Crippen MR) is 125 cm³/mol. The highest BCUT2D eigenvalue weighted by atomic mass is 127. The highest BCUT2D eigenvalue weighted by Crippen LogP contribution is 2.39. The minimum absolute atomic E-state index is 0.0677. The lowest BCUT2D eigenvalue weighted by Crippen LogP contribution is -2.22. The third-order valence-electron chi connectivity index (χ3n) is 3.92. The van der Waals surface area contributed by atoms with Crippen molar-refractivity contribution in [1.82, 2.24) is 4.98 Å². The maximum Gasteiger partial charge on any atom is 0.420 e. The fourth-order valence-electron chi connectivity index (χ4n) is 2.29. The van der Waals surface area contributed by atoms with E-state index < -0.39 is 39.5 Å². The Bertz CT molecular complexity index is 1060. The zero-order chi connectivity index (χ0) is 24.4. The number of ether oxygens (including phenoxy) is 1. The van der Waals surface area contributed by atoms with E-state index in [1.54, 1.807) is 50.3 Å². The second kappa shape index (κ2) is 10.3. The Labute approximate surface area is 204 Å². The number of aliphatic hydroxyl groups is 1. The molecule has 2 atom stereocenters. The summed E-state index contributed by atoms with van der Waals surface area (Å²) in [7, 11) is -1.52. The number of benzene rings is 1. The molecule has 0 radical (unpaired) electrons. The summed E-state index contributed by atoms with van der Waals surface area (Å²) in [5, 5.41) is 9.41. The number of pyridine rings is 1. The third-order valence-corrected chi connectivity index (χ3v) is 6.53. The van der Waals surface area contributed by atoms with Crippen LogP contribution in [0.3, 0.4) is 0 Å². The molecule has 0 amide bonds. The molecule has 0 aliphatic heterocycles. The van der Waals surface area contributed by atoms with Crippen LogP contribution >= 0.6 is 34.2 Å². The Morgan fingerprint density at radius 3 is 2.47 bits per heavy atom. The van der Waals surface area contributed by atoms with Gasteiger partial charge in [-0.15, -0.1) is 0 Å². The Kier molecular flexibility index (Phi) is 8.68. The van der Waals surface area contributed by atoms with Gasteiger partial charge in [-0.2, -0.15) is 17.6 Å². The molecule has 5 nitrogen and oxygen atoms in total. The summed E-state index contributed by atoms with van der Waals surface area (Å²) in [6, 6.07) is 4.57. The maximum atomic E-state index is 13.6. The number of hydrogen-bond donors (Lipinski definition) is 1. The van der Waals surface area contributed by atoms with Crippen LogP contribution in [0.2, 0.25) is 5.02 Å². The van der Waals surface area contributed by atoms with Crippen LogP contribution in [-0.4, -0.2) is 37.5 Å². The second-order valence-corrected chi connectivity index (χ2v) is 11.2. The standard InChI is InChI=1S/C20H20ClF4IN2O3S/c1-10(28-32(30)19(2,3)4)9-31-17-14(26)8-15(18(29)20(23,24)25)27-16(17)11-5-6-13(22)12(21)7-11/h5-8,18,29H,9H2,1-4H3. The van der Waals surface area contributed by atoms with Gasteiger partial charge in [0.2, 0.25) is 0 Å². The van der Waals surface area contributed by atoms with Gasteiger partial charge in [0.05, 0.1) is 24.7 Å². The van der Waals surface area contributed by atoms with Gasteiger partial charge in [0.25, 0.3) is 0 Å². The lowest BCUT2D eigenvalue weighted by molar-refractivity contribution is -0.207. The molecule has 0 aliphatic carbocycles. The third kappa shape index (κ3) is 6.84. The van der Waals surface area contributed by atoms with E-state index in [4.69, 9.17) is 16.3 Å². The minimum Gasteiger partial charge on any atom is -0.484 e. The first-order chi connectivity index (χ1) is 14.6. The molecule has 2 unspecified atom stereocenters. The van der Waals surface area contributed by atoms with Crippen molar-refractivity contribution in [3.05, 3.63) is 44.4 Å². The lowest BCUT2D eigenvalue weighted by atomic mass is 10.1. The van der Waals surface area contributed by atoms with Crippen molar-refractivity contribution in [3.63, 3.8) is 0 Å². The van der Waals surface area contributed by atoms with Gasteiger partial charge in [-0.25, -0.2) is 13.6 Å². The van der Waals surface area contributed by atoms with E-state index in [1.165, 1.54) is 12.1 Å². The number of hydrogen-bond acceptors (Lipinski definition) is 4. The Morgan fingerprint density at radius 2 is 1.94 bits per heavy atom. The topological polar surface area (TPSA) is 71.8 Å². The van der Waals surface area contributed by atoms with Crippen LogP contribution in [0, 0.1) is 9.39 Å². The highest BCUT2D eigenvalue weighted by Gasteiger charge is 2.41. The van der Waals surface area contributed by atoms with Crippen molar-refractivity contribution < 1.29 is 31.6 Å². The zero-order valence-corrected chi connectivity index (χ0v) is 21.2. The summed E-state index contributed by atoms with van der Waals surface area (Å²) in [5.74, 6) is -0.630. The van der Waals surface area contributed by atoms with E-state index in [-0.39, 0.29) is 32.2 Å². The number of aliphatic hydroxyl groups excluding tert-OH is 1. The summed E-state index contributed by atoms with van der Waals surface area (Å²) in [4.78, 5) is 3.94. The monoisotopic (exact) mass is 606 g/mol. The molecule has 0 saturated heterocycles. The fourth-order valence-corrected chi connectivity index (χ4v) is 3.81. The first-order valence-corrected chi connectivity index (χ1v) is 11.7. The van der Waals surface area contributed by atoms with Crippen molar-refractivity contribution in [2.45, 2.75) is 44.7 Å². The molecule has 0 saturated carbocycles. The van der Waals surface area contributed by atoms with Gasteiger partial charge in [-0.1, -0.05) is 11.6 Å². The van der Waals surface area contributed by atoms with E-state index in [2.05, 4.69) is 9.38 Å². The van der Waals surface area contributed by atoms with Gasteiger partial charge in [0.1, 0.15) is 29.1 Å². The van der Waals surface area contributed by atoms with Crippen LogP contribution in [0.1, 0.15) is 39.5 Å². The summed E-state index contributed by atoms with van der Waals surface area (Å²) in [6.45, 7) is 6.75. The zero-order valence-electron chi connectivity index (χ0n) is 17.4. The molecule has 0 fully saturated rings. The summed E-state index contributed by atoms with van der Waals surface area (Å²) >= 11 is 7.58. The van der Waals surface area contributed by atoms with Crippen molar-refractivity contribution in [2.75, 3.05) is 6.61 Å². The lowest BCUT2D eigenvalue weighted by Gasteiger charge is -2.19. The van der Waals surface area contributed by atoms with E-state index in [0.717, 1.165) is 12.1 Å². The number of halogens is 6. The first kappa shape index (κ1) is 26.9. The molecule has 1 heterocycles. The average Bonchev–Trinajstić information content (AvgIpc) is 2.66. The van der Waals surface area contributed by atoms with Crippen LogP contribution in [-0.2, 0) is 11.0 Å². The van der Waals surface area contributed by atoms with Gasteiger partial charge >= 0.3 is 6.18 Å². The summed E-state index contributed by atoms with van der Waals surface area (Å²) < 4.78 is 74.4. The quantitative estimate of drug-likeness (QED) is 0.247. The van der Waals surface area contributed by atoms with Crippen LogP contribution < -0.4 is 4.74 Å². The molecule has 1 aromatic carbocycles. The van der Waals surface area contributed by atoms with Crippen LogP contribution in [0.4, 0.5) is 17.6 Å². The second-order valence-electron chi connectivity index (χ2n) is 7.76. The van der Waals surface area contributed by atoms with Crippen LogP contribution in [0.15, 0.2) is 28.7 Å². The molecular weight excluding hydrogens is 587 g/mol. The first-order valence-electron chi connectivity index (χ1n) is 9.11. The molecule has 0 bridgehead atoms. The van der Waals surface area contributed by atoms with Gasteiger partial charge in [0.15, 0.2) is 11.9 Å². The van der Waals surface area contributed by atoms with Gasteiger partial charge in [-0.05, 0) is 74.6 Å². The molecular formula is C20H20ClF4IN2O3S. The van der Waals surface area contributed by atoms with E-state index in [9.17, 15) is 26.9 Å². The number of rotatable bonds is 6. The van der Waals surface area contributed by atoms with Crippen molar-refractivity contribution >= 4 is 50.9 Å². The molecule has 0 aliphatic rings.